The lowest BCUT2D eigenvalue weighted by Gasteiger charge is -2.10. The van der Waals surface area contributed by atoms with Gasteiger partial charge in [0, 0.05) is 11.9 Å². The minimum absolute atomic E-state index is 0.219. The summed E-state index contributed by atoms with van der Waals surface area (Å²) in [5.41, 5.74) is 1.71. The first-order valence-corrected chi connectivity index (χ1v) is 6.84. The Balaban J connectivity index is 1.92. The third-order valence-electron chi connectivity index (χ3n) is 3.48. The molecule has 0 aliphatic rings. The Morgan fingerprint density at radius 3 is 2.62 bits per heavy atom. The quantitative estimate of drug-likeness (QED) is 0.688. The van der Waals surface area contributed by atoms with Gasteiger partial charge >= 0.3 is 0 Å². The van der Waals surface area contributed by atoms with Gasteiger partial charge in [0.05, 0.1) is 11.2 Å². The average molecular weight is 287 g/mol. The van der Waals surface area contributed by atoms with E-state index in [9.17, 15) is 8.78 Å². The molecule has 0 spiro atoms. The monoisotopic (exact) mass is 287 g/mol. The molecule has 108 valence electrons. The molecule has 0 fully saturated rings. The first-order chi connectivity index (χ1) is 10.2. The third kappa shape index (κ3) is 2.61. The zero-order valence-corrected chi connectivity index (χ0v) is 11.6. The molecule has 0 saturated heterocycles. The molecule has 0 N–H and O–H groups in total. The van der Waals surface area contributed by atoms with E-state index >= 15 is 0 Å². The number of aromatic nitrogens is 1. The SMILES string of the molecule is CCn1c(COc2ccccc2F)cc2ccc(F)cc21. The van der Waals surface area contributed by atoms with Crippen molar-refractivity contribution in [3.8, 4) is 5.75 Å². The van der Waals surface area contributed by atoms with Crippen LogP contribution in [0.4, 0.5) is 8.78 Å². The van der Waals surface area contributed by atoms with Crippen molar-refractivity contribution in [3.63, 3.8) is 0 Å². The Morgan fingerprint density at radius 1 is 1.05 bits per heavy atom. The van der Waals surface area contributed by atoms with Crippen LogP contribution in [0.5, 0.6) is 5.75 Å². The molecule has 1 aromatic heterocycles. The number of rotatable bonds is 4. The molecule has 0 unspecified atom stereocenters. The molecule has 0 aliphatic heterocycles. The van der Waals surface area contributed by atoms with Crippen molar-refractivity contribution in [1.29, 1.82) is 0 Å². The highest BCUT2D eigenvalue weighted by atomic mass is 19.1. The number of para-hydroxylation sites is 1. The highest BCUT2D eigenvalue weighted by molar-refractivity contribution is 5.81. The van der Waals surface area contributed by atoms with Crippen LogP contribution in [0.15, 0.2) is 48.5 Å². The maximum atomic E-state index is 13.6. The predicted octanol–water partition coefficient (Wildman–Crippen LogP) is 4.52. The molecule has 0 saturated carbocycles. The fourth-order valence-electron chi connectivity index (χ4n) is 2.49. The molecule has 0 atom stereocenters. The zero-order chi connectivity index (χ0) is 14.8. The van der Waals surface area contributed by atoms with E-state index in [0.717, 1.165) is 16.6 Å². The smallest absolute Gasteiger partial charge is 0.165 e. The van der Waals surface area contributed by atoms with Crippen LogP contribution in [-0.2, 0) is 13.2 Å². The predicted molar refractivity (Wildman–Crippen MR) is 78.3 cm³/mol. The summed E-state index contributed by atoms with van der Waals surface area (Å²) in [7, 11) is 0. The molecule has 4 heteroatoms. The number of aryl methyl sites for hydroxylation is 1. The van der Waals surface area contributed by atoms with Crippen LogP contribution in [-0.4, -0.2) is 4.57 Å². The van der Waals surface area contributed by atoms with E-state index in [2.05, 4.69) is 0 Å². The van der Waals surface area contributed by atoms with Crippen molar-refractivity contribution < 1.29 is 13.5 Å². The number of fused-ring (bicyclic) bond motifs is 1. The van der Waals surface area contributed by atoms with E-state index in [1.807, 2.05) is 17.6 Å². The zero-order valence-electron chi connectivity index (χ0n) is 11.6. The average Bonchev–Trinajstić information content (AvgIpc) is 2.83. The van der Waals surface area contributed by atoms with Gasteiger partial charge in [0.25, 0.3) is 0 Å². The normalized spacial score (nSPS) is 11.0. The van der Waals surface area contributed by atoms with Gasteiger partial charge in [0.1, 0.15) is 12.4 Å². The molecule has 0 bridgehead atoms. The number of hydrogen-bond donors (Lipinski definition) is 0. The summed E-state index contributed by atoms with van der Waals surface area (Å²) in [5.74, 6) is -0.434. The van der Waals surface area contributed by atoms with Crippen molar-refractivity contribution in [2.45, 2.75) is 20.1 Å². The van der Waals surface area contributed by atoms with Gasteiger partial charge in [-0.1, -0.05) is 12.1 Å². The first-order valence-electron chi connectivity index (χ1n) is 6.84. The van der Waals surface area contributed by atoms with E-state index in [-0.39, 0.29) is 24.0 Å². The summed E-state index contributed by atoms with van der Waals surface area (Å²) >= 11 is 0. The molecule has 3 rings (SSSR count). The Morgan fingerprint density at radius 2 is 1.86 bits per heavy atom. The molecule has 2 aromatic carbocycles. The number of benzene rings is 2. The van der Waals surface area contributed by atoms with E-state index < -0.39 is 0 Å². The van der Waals surface area contributed by atoms with E-state index in [1.165, 1.54) is 18.2 Å². The van der Waals surface area contributed by atoms with E-state index in [4.69, 9.17) is 4.74 Å². The van der Waals surface area contributed by atoms with Gasteiger partial charge in [-0.25, -0.2) is 8.78 Å². The van der Waals surface area contributed by atoms with Crippen LogP contribution in [0.25, 0.3) is 10.9 Å². The summed E-state index contributed by atoms with van der Waals surface area (Å²) in [6.07, 6.45) is 0. The van der Waals surface area contributed by atoms with Gasteiger partial charge in [-0.3, -0.25) is 0 Å². The molecule has 0 amide bonds. The van der Waals surface area contributed by atoms with Gasteiger partial charge in [0.15, 0.2) is 11.6 Å². The number of nitrogens with zero attached hydrogens (tertiary/aromatic N) is 1. The maximum Gasteiger partial charge on any atom is 0.165 e. The van der Waals surface area contributed by atoms with Crippen LogP contribution in [0, 0.1) is 11.6 Å². The number of hydrogen-bond acceptors (Lipinski definition) is 1. The number of halogens is 2. The fourth-order valence-corrected chi connectivity index (χ4v) is 2.49. The maximum absolute atomic E-state index is 13.6. The Labute approximate surface area is 121 Å². The lowest BCUT2D eigenvalue weighted by atomic mass is 10.2. The van der Waals surface area contributed by atoms with Crippen molar-refractivity contribution in [1.82, 2.24) is 4.57 Å². The van der Waals surface area contributed by atoms with Crippen LogP contribution < -0.4 is 4.74 Å². The van der Waals surface area contributed by atoms with E-state index in [0.29, 0.717) is 6.54 Å². The van der Waals surface area contributed by atoms with Gasteiger partial charge in [0.2, 0.25) is 0 Å². The molecule has 3 aromatic rings. The summed E-state index contributed by atoms with van der Waals surface area (Å²) in [6.45, 7) is 2.92. The minimum atomic E-state index is -0.386. The second kappa shape index (κ2) is 5.56. The van der Waals surface area contributed by atoms with Crippen molar-refractivity contribution >= 4 is 10.9 Å². The Hall–Kier alpha value is -2.36. The lowest BCUT2D eigenvalue weighted by molar-refractivity contribution is 0.281. The number of ether oxygens (including phenoxy) is 1. The third-order valence-corrected chi connectivity index (χ3v) is 3.48. The summed E-state index contributed by atoms with van der Waals surface area (Å²) in [6, 6.07) is 12.9. The Kier molecular flexibility index (Phi) is 3.60. The van der Waals surface area contributed by atoms with Gasteiger partial charge in [-0.15, -0.1) is 0 Å². The van der Waals surface area contributed by atoms with Crippen LogP contribution in [0.3, 0.4) is 0 Å². The molecule has 21 heavy (non-hydrogen) atoms. The minimum Gasteiger partial charge on any atom is -0.484 e. The van der Waals surface area contributed by atoms with Crippen LogP contribution >= 0.6 is 0 Å². The molecule has 0 radical (unpaired) electrons. The van der Waals surface area contributed by atoms with Gasteiger partial charge < -0.3 is 9.30 Å². The molecule has 0 aliphatic carbocycles. The Bertz CT molecular complexity index is 780. The molecular weight excluding hydrogens is 272 g/mol. The summed E-state index contributed by atoms with van der Waals surface area (Å²) in [5, 5.41) is 0.949. The van der Waals surface area contributed by atoms with Crippen LogP contribution in [0.2, 0.25) is 0 Å². The van der Waals surface area contributed by atoms with E-state index in [1.54, 1.807) is 24.3 Å². The van der Waals surface area contributed by atoms with Crippen molar-refractivity contribution in [3.05, 3.63) is 65.9 Å². The lowest BCUT2D eigenvalue weighted by Crippen LogP contribution is -2.05. The fraction of sp³-hybridized carbons (Fsp3) is 0.176. The summed E-state index contributed by atoms with van der Waals surface area (Å²) in [4.78, 5) is 0. The highest BCUT2D eigenvalue weighted by Crippen LogP contribution is 2.23. The van der Waals surface area contributed by atoms with Crippen molar-refractivity contribution in [2.24, 2.45) is 0 Å². The first kappa shape index (κ1) is 13.6. The second-order valence-electron chi connectivity index (χ2n) is 4.80. The van der Waals surface area contributed by atoms with Gasteiger partial charge in [-0.2, -0.15) is 0 Å². The second-order valence-corrected chi connectivity index (χ2v) is 4.80. The van der Waals surface area contributed by atoms with Crippen molar-refractivity contribution in [2.75, 3.05) is 0 Å². The molecule has 1 heterocycles. The topological polar surface area (TPSA) is 14.2 Å². The van der Waals surface area contributed by atoms with Crippen LogP contribution in [0.1, 0.15) is 12.6 Å². The standard InChI is InChI=1S/C17H15F2NO/c1-2-20-14(9-12-7-8-13(18)10-16(12)20)11-21-17-6-4-3-5-15(17)19/h3-10H,2,11H2,1H3. The molecule has 2 nitrogen and oxygen atoms in total. The molecular formula is C17H15F2NO. The van der Waals surface area contributed by atoms with Gasteiger partial charge in [-0.05, 0) is 43.3 Å². The summed E-state index contributed by atoms with van der Waals surface area (Å²) < 4.78 is 34.4. The highest BCUT2D eigenvalue weighted by Gasteiger charge is 2.10. The largest absolute Gasteiger partial charge is 0.484 e.